The van der Waals surface area contributed by atoms with Crippen LogP contribution in [0, 0.1) is 0 Å². The number of nitrogens with one attached hydrogen (secondary N) is 1. The average Bonchev–Trinajstić information content (AvgIpc) is 2.47. The molecule has 2 rings (SSSR count). The topological polar surface area (TPSA) is 87.7 Å². The summed E-state index contributed by atoms with van der Waals surface area (Å²) in [5.41, 5.74) is 10.2. The Labute approximate surface area is 127 Å². The molecule has 0 aliphatic carbocycles. The summed E-state index contributed by atoms with van der Waals surface area (Å²) in [6.45, 7) is 1.75. The maximum absolute atomic E-state index is 12.0. The van der Waals surface area contributed by atoms with Gasteiger partial charge in [0.1, 0.15) is 5.75 Å². The summed E-state index contributed by atoms with van der Waals surface area (Å²) in [5, 5.41) is 14.0. The number of hydrogen-bond donors (Lipinski definition) is 3. The second-order valence-corrected chi connectivity index (χ2v) is 4.86. The third-order valence-corrected chi connectivity index (χ3v) is 3.09. The summed E-state index contributed by atoms with van der Waals surface area (Å²) in [6.07, 6.45) is 0. The summed E-state index contributed by atoms with van der Waals surface area (Å²) >= 11 is 5.80. The summed E-state index contributed by atoms with van der Waals surface area (Å²) in [6, 6.07) is 11.3. The second-order valence-electron chi connectivity index (χ2n) is 4.42. The van der Waals surface area contributed by atoms with Crippen LogP contribution in [0.15, 0.2) is 47.6 Å². The number of anilines is 1. The first-order valence-corrected chi connectivity index (χ1v) is 6.54. The van der Waals surface area contributed by atoms with Gasteiger partial charge in [-0.3, -0.25) is 4.79 Å². The van der Waals surface area contributed by atoms with Gasteiger partial charge in [-0.2, -0.15) is 5.10 Å². The number of aromatic hydroxyl groups is 1. The van der Waals surface area contributed by atoms with Crippen molar-refractivity contribution in [3.63, 3.8) is 0 Å². The van der Waals surface area contributed by atoms with Crippen molar-refractivity contribution in [2.45, 2.75) is 6.92 Å². The minimum absolute atomic E-state index is 0.0661. The Kier molecular flexibility index (Phi) is 4.45. The molecule has 5 nitrogen and oxygen atoms in total. The molecule has 0 aliphatic heterocycles. The zero-order chi connectivity index (χ0) is 15.4. The van der Waals surface area contributed by atoms with Gasteiger partial charge >= 0.3 is 0 Å². The molecule has 21 heavy (non-hydrogen) atoms. The molecule has 0 radical (unpaired) electrons. The lowest BCUT2D eigenvalue weighted by Gasteiger charge is -2.05. The highest BCUT2D eigenvalue weighted by Gasteiger charge is 2.11. The standard InChI is InChI=1S/C15H14ClN3O2/c1-9(10-2-5-12(17)6-3-10)18-19-15(21)13-8-11(16)4-7-14(13)20/h2-8,20H,17H2,1H3,(H,19,21)/b18-9+. The van der Waals surface area contributed by atoms with Gasteiger partial charge in [-0.05, 0) is 42.8 Å². The van der Waals surface area contributed by atoms with Crippen LogP contribution in [-0.2, 0) is 0 Å². The number of halogens is 1. The Morgan fingerprint density at radius 1 is 1.24 bits per heavy atom. The molecule has 0 bridgehead atoms. The predicted molar refractivity (Wildman–Crippen MR) is 83.6 cm³/mol. The fraction of sp³-hybridized carbons (Fsp3) is 0.0667. The zero-order valence-electron chi connectivity index (χ0n) is 11.3. The van der Waals surface area contributed by atoms with E-state index in [0.29, 0.717) is 16.4 Å². The van der Waals surface area contributed by atoms with Crippen LogP contribution >= 0.6 is 11.6 Å². The van der Waals surface area contributed by atoms with E-state index in [-0.39, 0.29) is 11.3 Å². The molecule has 2 aromatic rings. The number of nitrogens with two attached hydrogens (primary N) is 1. The van der Waals surface area contributed by atoms with Gasteiger partial charge in [0.05, 0.1) is 11.3 Å². The number of carbonyl (C=O) groups is 1. The molecule has 0 heterocycles. The molecule has 2 aromatic carbocycles. The van der Waals surface area contributed by atoms with Crippen molar-refractivity contribution < 1.29 is 9.90 Å². The zero-order valence-corrected chi connectivity index (χ0v) is 12.1. The van der Waals surface area contributed by atoms with Crippen LogP contribution in [0.3, 0.4) is 0 Å². The van der Waals surface area contributed by atoms with Crippen LogP contribution < -0.4 is 11.2 Å². The van der Waals surface area contributed by atoms with Crippen molar-refractivity contribution in [2.75, 3.05) is 5.73 Å². The Bertz CT molecular complexity index is 697. The van der Waals surface area contributed by atoms with Crippen LogP contribution in [0.5, 0.6) is 5.75 Å². The third-order valence-electron chi connectivity index (χ3n) is 2.86. The summed E-state index contributed by atoms with van der Waals surface area (Å²) in [5.74, 6) is -0.693. The minimum Gasteiger partial charge on any atom is -0.507 e. The van der Waals surface area contributed by atoms with Crippen molar-refractivity contribution in [2.24, 2.45) is 5.10 Å². The lowest BCUT2D eigenvalue weighted by molar-refractivity contribution is 0.0952. The largest absolute Gasteiger partial charge is 0.507 e. The van der Waals surface area contributed by atoms with Gasteiger partial charge in [0.25, 0.3) is 5.91 Å². The van der Waals surface area contributed by atoms with Crippen LogP contribution in [0.4, 0.5) is 5.69 Å². The minimum atomic E-state index is -0.537. The Hall–Kier alpha value is -2.53. The van der Waals surface area contributed by atoms with Crippen molar-refractivity contribution in [1.29, 1.82) is 0 Å². The number of phenolic OH excluding ortho intramolecular Hbond substituents is 1. The number of hydrazone groups is 1. The van der Waals surface area contributed by atoms with E-state index in [2.05, 4.69) is 10.5 Å². The number of nitrogen functional groups attached to an aromatic ring is 1. The second kappa shape index (κ2) is 6.28. The van der Waals surface area contributed by atoms with Crippen molar-refractivity contribution >= 4 is 28.9 Å². The average molecular weight is 304 g/mol. The fourth-order valence-electron chi connectivity index (χ4n) is 1.67. The van der Waals surface area contributed by atoms with E-state index in [1.54, 1.807) is 31.2 Å². The summed E-state index contributed by atoms with van der Waals surface area (Å²) in [7, 11) is 0. The van der Waals surface area contributed by atoms with Crippen LogP contribution in [0.2, 0.25) is 5.02 Å². The monoisotopic (exact) mass is 303 g/mol. The molecule has 6 heteroatoms. The third kappa shape index (κ3) is 3.73. The van der Waals surface area contributed by atoms with Crippen LogP contribution in [-0.4, -0.2) is 16.7 Å². The van der Waals surface area contributed by atoms with Crippen molar-refractivity contribution in [3.05, 3.63) is 58.6 Å². The molecule has 0 saturated carbocycles. The van der Waals surface area contributed by atoms with E-state index in [0.717, 1.165) is 5.56 Å². The number of phenols is 1. The van der Waals surface area contributed by atoms with E-state index in [9.17, 15) is 9.90 Å². The molecule has 1 amide bonds. The number of amides is 1. The predicted octanol–water partition coefficient (Wildman–Crippen LogP) is 2.78. The number of benzene rings is 2. The van der Waals surface area contributed by atoms with Crippen LogP contribution in [0.25, 0.3) is 0 Å². The summed E-state index contributed by atoms with van der Waals surface area (Å²) in [4.78, 5) is 12.0. The van der Waals surface area contributed by atoms with Gasteiger partial charge in [0, 0.05) is 10.7 Å². The molecular weight excluding hydrogens is 290 g/mol. The normalized spacial score (nSPS) is 11.2. The maximum Gasteiger partial charge on any atom is 0.275 e. The molecular formula is C15H14ClN3O2. The lowest BCUT2D eigenvalue weighted by atomic mass is 10.1. The van der Waals surface area contributed by atoms with E-state index >= 15 is 0 Å². The van der Waals surface area contributed by atoms with E-state index < -0.39 is 5.91 Å². The molecule has 4 N–H and O–H groups in total. The van der Waals surface area contributed by atoms with E-state index in [1.807, 2.05) is 0 Å². The maximum atomic E-state index is 12.0. The quantitative estimate of drug-likeness (QED) is 0.463. The molecule has 0 atom stereocenters. The molecule has 0 aliphatic rings. The number of hydrogen-bond acceptors (Lipinski definition) is 4. The number of carbonyl (C=O) groups excluding carboxylic acids is 1. The van der Waals surface area contributed by atoms with Gasteiger partial charge in [-0.1, -0.05) is 23.7 Å². The Morgan fingerprint density at radius 3 is 2.57 bits per heavy atom. The molecule has 0 spiro atoms. The highest BCUT2D eigenvalue weighted by Crippen LogP contribution is 2.21. The molecule has 0 fully saturated rings. The van der Waals surface area contributed by atoms with Gasteiger partial charge in [-0.15, -0.1) is 0 Å². The van der Waals surface area contributed by atoms with E-state index in [1.165, 1.54) is 18.2 Å². The first kappa shape index (κ1) is 14.9. The van der Waals surface area contributed by atoms with Crippen LogP contribution in [0.1, 0.15) is 22.8 Å². The Balaban J connectivity index is 2.14. The first-order chi connectivity index (χ1) is 9.97. The molecule has 0 unspecified atom stereocenters. The molecule has 108 valence electrons. The van der Waals surface area contributed by atoms with Crippen molar-refractivity contribution in [1.82, 2.24) is 5.43 Å². The lowest BCUT2D eigenvalue weighted by Crippen LogP contribution is -2.19. The summed E-state index contributed by atoms with van der Waals surface area (Å²) < 4.78 is 0. The SMILES string of the molecule is C/C(=N\NC(=O)c1cc(Cl)ccc1O)c1ccc(N)cc1. The molecule has 0 saturated heterocycles. The number of nitrogens with zero attached hydrogens (tertiary/aromatic N) is 1. The fourth-order valence-corrected chi connectivity index (χ4v) is 1.85. The first-order valence-electron chi connectivity index (χ1n) is 6.16. The van der Waals surface area contributed by atoms with Gasteiger partial charge in [-0.25, -0.2) is 5.43 Å². The number of rotatable bonds is 3. The van der Waals surface area contributed by atoms with Gasteiger partial charge in [0.2, 0.25) is 0 Å². The Morgan fingerprint density at radius 2 is 1.90 bits per heavy atom. The molecule has 0 aromatic heterocycles. The van der Waals surface area contributed by atoms with Gasteiger partial charge in [0.15, 0.2) is 0 Å². The van der Waals surface area contributed by atoms with Crippen molar-refractivity contribution in [3.8, 4) is 5.75 Å². The highest BCUT2D eigenvalue weighted by molar-refractivity contribution is 6.31. The smallest absolute Gasteiger partial charge is 0.275 e. The van der Waals surface area contributed by atoms with E-state index in [4.69, 9.17) is 17.3 Å². The van der Waals surface area contributed by atoms with Gasteiger partial charge < -0.3 is 10.8 Å². The highest BCUT2D eigenvalue weighted by atomic mass is 35.5.